The Morgan fingerprint density at radius 1 is 1.00 bits per heavy atom. The molecule has 0 saturated heterocycles. The molecule has 1 saturated carbocycles. The average molecular weight is 469 g/mol. The molecular weight excluding hydrogens is 440 g/mol. The molecule has 1 aliphatic carbocycles. The van der Waals surface area contributed by atoms with Gasteiger partial charge in [0.2, 0.25) is 5.91 Å². The summed E-state index contributed by atoms with van der Waals surface area (Å²) < 4.78 is 5.68. The fraction of sp³-hybridized carbons (Fsp3) is 0.333. The minimum Gasteiger partial charge on any atom is -0.494 e. The van der Waals surface area contributed by atoms with Crippen molar-refractivity contribution in [1.82, 2.24) is 16.2 Å². The van der Waals surface area contributed by atoms with Gasteiger partial charge in [-0.25, -0.2) is 0 Å². The molecule has 0 heterocycles. The van der Waals surface area contributed by atoms with Crippen LogP contribution in [-0.2, 0) is 4.79 Å². The molecule has 4 N–H and O–H groups in total. The molecular formula is C24H28N4O4S. The molecule has 0 spiro atoms. The van der Waals surface area contributed by atoms with Crippen molar-refractivity contribution in [1.29, 1.82) is 0 Å². The first-order valence-electron chi connectivity index (χ1n) is 10.9. The van der Waals surface area contributed by atoms with Crippen molar-refractivity contribution in [2.24, 2.45) is 11.8 Å². The van der Waals surface area contributed by atoms with Crippen molar-refractivity contribution in [3.8, 4) is 5.75 Å². The summed E-state index contributed by atoms with van der Waals surface area (Å²) in [5, 5.41) is 5.28. The van der Waals surface area contributed by atoms with Crippen molar-refractivity contribution in [3.63, 3.8) is 0 Å². The average Bonchev–Trinajstić information content (AvgIpc) is 3.63. The van der Waals surface area contributed by atoms with Crippen LogP contribution >= 0.6 is 12.2 Å². The maximum absolute atomic E-state index is 12.4. The van der Waals surface area contributed by atoms with Gasteiger partial charge < -0.3 is 10.1 Å². The second kappa shape index (κ2) is 11.4. The van der Waals surface area contributed by atoms with Gasteiger partial charge in [0, 0.05) is 22.7 Å². The zero-order chi connectivity index (χ0) is 23.8. The van der Waals surface area contributed by atoms with E-state index in [4.69, 9.17) is 17.0 Å². The summed E-state index contributed by atoms with van der Waals surface area (Å²) in [4.78, 5) is 36.5. The van der Waals surface area contributed by atoms with Gasteiger partial charge in [-0.1, -0.05) is 19.9 Å². The van der Waals surface area contributed by atoms with Crippen LogP contribution in [0, 0.1) is 11.8 Å². The Labute approximate surface area is 198 Å². The van der Waals surface area contributed by atoms with Gasteiger partial charge in [0.05, 0.1) is 6.61 Å². The van der Waals surface area contributed by atoms with E-state index in [-0.39, 0.29) is 16.9 Å². The first-order valence-corrected chi connectivity index (χ1v) is 11.3. The third-order valence-electron chi connectivity index (χ3n) is 4.94. The zero-order valence-corrected chi connectivity index (χ0v) is 19.5. The van der Waals surface area contributed by atoms with Gasteiger partial charge in [0.1, 0.15) is 5.75 Å². The van der Waals surface area contributed by atoms with Crippen molar-refractivity contribution < 1.29 is 19.1 Å². The molecule has 33 heavy (non-hydrogen) atoms. The summed E-state index contributed by atoms with van der Waals surface area (Å²) in [6.45, 7) is 4.80. The lowest BCUT2D eigenvalue weighted by Crippen LogP contribution is -2.48. The predicted octanol–water partition coefficient (Wildman–Crippen LogP) is 3.41. The number of amides is 3. The maximum atomic E-state index is 12.4. The van der Waals surface area contributed by atoms with Crippen LogP contribution in [0.15, 0.2) is 48.5 Å². The standard InChI is InChI=1S/C24H28N4O4S/c1-15(2)12-13-32-20-5-3-4-18(14-20)22(30)26-24(33)28-27-23(31)17-8-10-19(11-9-17)25-21(29)16-6-7-16/h3-5,8-11,14-16H,6-7,12-13H2,1-2H3,(H,25,29)(H,27,31)(H2,26,28,30,33). The highest BCUT2D eigenvalue weighted by atomic mass is 32.1. The predicted molar refractivity (Wildman–Crippen MR) is 130 cm³/mol. The number of hydrogen-bond acceptors (Lipinski definition) is 5. The molecule has 0 bridgehead atoms. The quantitative estimate of drug-likeness (QED) is 0.349. The fourth-order valence-corrected chi connectivity index (χ4v) is 2.97. The van der Waals surface area contributed by atoms with Crippen molar-refractivity contribution >= 4 is 40.7 Å². The van der Waals surface area contributed by atoms with Gasteiger partial charge in [-0.15, -0.1) is 0 Å². The fourth-order valence-electron chi connectivity index (χ4n) is 2.83. The van der Waals surface area contributed by atoms with Gasteiger partial charge in [-0.2, -0.15) is 0 Å². The van der Waals surface area contributed by atoms with Crippen molar-refractivity contribution in [2.75, 3.05) is 11.9 Å². The minimum absolute atomic E-state index is 0.00242. The molecule has 2 aromatic rings. The largest absolute Gasteiger partial charge is 0.494 e. The lowest BCUT2D eigenvalue weighted by Gasteiger charge is -2.12. The highest BCUT2D eigenvalue weighted by Gasteiger charge is 2.29. The molecule has 174 valence electrons. The van der Waals surface area contributed by atoms with E-state index in [1.165, 1.54) is 0 Å². The number of rotatable bonds is 8. The number of benzene rings is 2. The molecule has 9 heteroatoms. The van der Waals surface area contributed by atoms with Crippen molar-refractivity contribution in [3.05, 3.63) is 59.7 Å². The van der Waals surface area contributed by atoms with Crippen LogP contribution in [0.2, 0.25) is 0 Å². The summed E-state index contributed by atoms with van der Waals surface area (Å²) in [6, 6.07) is 13.3. The van der Waals surface area contributed by atoms with Gasteiger partial charge in [0.25, 0.3) is 11.8 Å². The Kier molecular flexibility index (Phi) is 8.37. The highest BCUT2D eigenvalue weighted by Crippen LogP contribution is 2.30. The molecule has 3 amide bonds. The highest BCUT2D eigenvalue weighted by molar-refractivity contribution is 7.80. The number of thiocarbonyl (C=S) groups is 1. The van der Waals surface area contributed by atoms with Gasteiger partial charge in [-0.05, 0) is 79.9 Å². The molecule has 0 unspecified atom stereocenters. The van der Waals surface area contributed by atoms with E-state index in [9.17, 15) is 14.4 Å². The zero-order valence-electron chi connectivity index (χ0n) is 18.6. The Morgan fingerprint density at radius 3 is 2.39 bits per heavy atom. The summed E-state index contributed by atoms with van der Waals surface area (Å²) in [6.07, 6.45) is 2.76. The van der Waals surface area contributed by atoms with Crippen LogP contribution in [0.4, 0.5) is 5.69 Å². The Bertz CT molecular complexity index is 1020. The SMILES string of the molecule is CC(C)CCOc1cccc(C(=O)NC(=S)NNC(=O)c2ccc(NC(=O)C3CC3)cc2)c1. The molecule has 8 nitrogen and oxygen atoms in total. The number of carbonyl (C=O) groups is 3. The van der Waals surface area contributed by atoms with E-state index < -0.39 is 11.8 Å². The topological polar surface area (TPSA) is 109 Å². The normalized spacial score (nSPS) is 12.6. The van der Waals surface area contributed by atoms with E-state index in [2.05, 4.69) is 35.3 Å². The van der Waals surface area contributed by atoms with Crippen LogP contribution in [0.3, 0.4) is 0 Å². The van der Waals surface area contributed by atoms with E-state index in [0.29, 0.717) is 35.1 Å². The number of nitrogens with one attached hydrogen (secondary N) is 4. The first kappa shape index (κ1) is 24.2. The van der Waals surface area contributed by atoms with Crippen LogP contribution in [-0.4, -0.2) is 29.4 Å². The molecule has 0 aliphatic heterocycles. The number of carbonyl (C=O) groups excluding carboxylic acids is 3. The second-order valence-corrected chi connectivity index (χ2v) is 8.67. The molecule has 1 fully saturated rings. The van der Waals surface area contributed by atoms with Gasteiger partial charge in [-0.3, -0.25) is 30.6 Å². The lowest BCUT2D eigenvalue weighted by atomic mass is 10.1. The van der Waals surface area contributed by atoms with Crippen LogP contribution < -0.4 is 26.2 Å². The van der Waals surface area contributed by atoms with Crippen LogP contribution in [0.5, 0.6) is 5.75 Å². The monoisotopic (exact) mass is 468 g/mol. The van der Waals surface area contributed by atoms with E-state index in [1.807, 2.05) is 0 Å². The summed E-state index contributed by atoms with van der Waals surface area (Å²) in [7, 11) is 0. The van der Waals surface area contributed by atoms with Gasteiger partial charge >= 0.3 is 0 Å². The molecule has 0 aromatic heterocycles. The smallest absolute Gasteiger partial charge is 0.269 e. The molecule has 2 aromatic carbocycles. The lowest BCUT2D eigenvalue weighted by molar-refractivity contribution is -0.117. The van der Waals surface area contributed by atoms with Crippen LogP contribution in [0.25, 0.3) is 0 Å². The van der Waals surface area contributed by atoms with Gasteiger partial charge in [0.15, 0.2) is 5.11 Å². The Hall–Kier alpha value is -3.46. The molecule has 1 aliphatic rings. The van der Waals surface area contributed by atoms with E-state index in [1.54, 1.807) is 48.5 Å². The molecule has 0 radical (unpaired) electrons. The Balaban J connectivity index is 1.44. The minimum atomic E-state index is -0.438. The third-order valence-corrected chi connectivity index (χ3v) is 5.14. The van der Waals surface area contributed by atoms with Crippen molar-refractivity contribution in [2.45, 2.75) is 33.1 Å². The number of hydrazine groups is 1. The number of hydrogen-bond donors (Lipinski definition) is 4. The number of anilines is 1. The second-order valence-electron chi connectivity index (χ2n) is 8.26. The van der Waals surface area contributed by atoms with E-state index in [0.717, 1.165) is 19.3 Å². The molecule has 3 rings (SSSR count). The summed E-state index contributed by atoms with van der Waals surface area (Å²) in [5.41, 5.74) is 6.34. The number of ether oxygens (including phenoxy) is 1. The summed E-state index contributed by atoms with van der Waals surface area (Å²) in [5.74, 6) is 0.378. The Morgan fingerprint density at radius 2 is 1.73 bits per heavy atom. The third kappa shape index (κ3) is 7.87. The van der Waals surface area contributed by atoms with Crippen LogP contribution in [0.1, 0.15) is 53.8 Å². The maximum Gasteiger partial charge on any atom is 0.269 e. The first-order chi connectivity index (χ1) is 15.8. The van der Waals surface area contributed by atoms with E-state index >= 15 is 0 Å². The molecule has 0 atom stereocenters. The summed E-state index contributed by atoms with van der Waals surface area (Å²) >= 11 is 5.09.